The highest BCUT2D eigenvalue weighted by atomic mass is 19.1. The molecule has 1 aromatic carbocycles. The van der Waals surface area contributed by atoms with Gasteiger partial charge in [-0.1, -0.05) is 12.5 Å². The maximum absolute atomic E-state index is 13.9. The lowest BCUT2D eigenvalue weighted by atomic mass is 9.81. The van der Waals surface area contributed by atoms with E-state index in [1.165, 1.54) is 18.2 Å². The maximum atomic E-state index is 13.9. The van der Waals surface area contributed by atoms with E-state index < -0.39 is 23.0 Å². The summed E-state index contributed by atoms with van der Waals surface area (Å²) < 4.78 is 33.4. The fourth-order valence-corrected chi connectivity index (χ4v) is 4.41. The number of benzene rings is 1. The Balaban J connectivity index is 1.52. The predicted molar refractivity (Wildman–Crippen MR) is 86.7 cm³/mol. The van der Waals surface area contributed by atoms with Gasteiger partial charge in [0.05, 0.1) is 17.5 Å². The fraction of sp³-hybridized carbons (Fsp3) is 0.421. The minimum absolute atomic E-state index is 0.151. The average molecular weight is 347 g/mol. The fourth-order valence-electron chi connectivity index (χ4n) is 4.41. The Morgan fingerprint density at radius 2 is 2.04 bits per heavy atom. The van der Waals surface area contributed by atoms with Crippen molar-refractivity contribution in [3.05, 3.63) is 47.7 Å². The molecule has 2 aliphatic rings. The summed E-state index contributed by atoms with van der Waals surface area (Å²) in [5.74, 6) is -1.14. The molecule has 0 spiro atoms. The highest BCUT2D eigenvalue weighted by Crippen LogP contribution is 2.49. The van der Waals surface area contributed by atoms with Gasteiger partial charge < -0.3 is 9.52 Å². The lowest BCUT2D eigenvalue weighted by Crippen LogP contribution is -2.35. The third-order valence-corrected chi connectivity index (χ3v) is 5.62. The quantitative estimate of drug-likeness (QED) is 0.911. The van der Waals surface area contributed by atoms with E-state index >= 15 is 0 Å². The standard InChI is InChI=1S/C19H19F2NO3/c20-14-4-1-5-15(21)17(14)16-7-6-13(25-16)10-22-9-12-3-2-8-19(12,11-22)18(23)24/h1,4-7,12H,2-3,8-11H2,(H,23,24)/t12-,19+/m0/s1. The van der Waals surface area contributed by atoms with Crippen molar-refractivity contribution in [2.75, 3.05) is 13.1 Å². The number of hydrogen-bond donors (Lipinski definition) is 1. The Hall–Kier alpha value is -2.21. The Morgan fingerprint density at radius 1 is 1.28 bits per heavy atom. The number of carboxylic acid groups (broad SMARTS) is 1. The van der Waals surface area contributed by atoms with Crippen LogP contribution >= 0.6 is 0 Å². The van der Waals surface area contributed by atoms with Crippen LogP contribution in [0.2, 0.25) is 0 Å². The summed E-state index contributed by atoms with van der Waals surface area (Å²) in [6.45, 7) is 1.66. The SMILES string of the molecule is O=C(O)[C@@]12CCC[C@H]1CN(Cc1ccc(-c3c(F)cccc3F)o1)C2. The lowest BCUT2D eigenvalue weighted by molar-refractivity contribution is -0.149. The Morgan fingerprint density at radius 3 is 2.72 bits per heavy atom. The summed E-state index contributed by atoms with van der Waals surface area (Å²) in [6.07, 6.45) is 2.61. The molecule has 1 saturated carbocycles. The van der Waals surface area contributed by atoms with Gasteiger partial charge >= 0.3 is 5.97 Å². The van der Waals surface area contributed by atoms with E-state index in [9.17, 15) is 18.7 Å². The number of fused-ring (bicyclic) bond motifs is 1. The van der Waals surface area contributed by atoms with Crippen molar-refractivity contribution in [3.63, 3.8) is 0 Å². The van der Waals surface area contributed by atoms with Crippen LogP contribution in [-0.4, -0.2) is 29.1 Å². The smallest absolute Gasteiger partial charge is 0.311 e. The minimum Gasteiger partial charge on any atom is -0.481 e. The van der Waals surface area contributed by atoms with Crippen molar-refractivity contribution in [1.82, 2.24) is 4.90 Å². The molecule has 1 aromatic heterocycles. The molecule has 4 rings (SSSR count). The second-order valence-corrected chi connectivity index (χ2v) is 7.08. The van der Waals surface area contributed by atoms with Gasteiger partial charge in [0.25, 0.3) is 0 Å². The number of carbonyl (C=O) groups is 1. The number of rotatable bonds is 4. The zero-order chi connectivity index (χ0) is 17.6. The third-order valence-electron chi connectivity index (χ3n) is 5.62. The summed E-state index contributed by atoms with van der Waals surface area (Å²) in [5, 5.41) is 9.64. The number of nitrogens with zero attached hydrogens (tertiary/aromatic N) is 1. The molecule has 1 aliphatic heterocycles. The summed E-state index contributed by atoms with van der Waals surface area (Å²) in [4.78, 5) is 13.8. The maximum Gasteiger partial charge on any atom is 0.311 e. The third kappa shape index (κ3) is 2.65. The van der Waals surface area contributed by atoms with Crippen LogP contribution in [0.3, 0.4) is 0 Å². The average Bonchev–Trinajstić information content (AvgIpc) is 3.22. The molecule has 6 heteroatoms. The van der Waals surface area contributed by atoms with Gasteiger partial charge in [0, 0.05) is 13.1 Å². The van der Waals surface area contributed by atoms with Crippen molar-refractivity contribution >= 4 is 5.97 Å². The molecule has 25 heavy (non-hydrogen) atoms. The van der Waals surface area contributed by atoms with Crippen molar-refractivity contribution < 1.29 is 23.1 Å². The summed E-state index contributed by atoms with van der Waals surface area (Å²) in [5.41, 5.74) is -0.818. The van der Waals surface area contributed by atoms with E-state index in [0.29, 0.717) is 25.3 Å². The minimum atomic E-state index is -0.717. The molecule has 4 nitrogen and oxygen atoms in total. The first-order chi connectivity index (χ1) is 12.0. The van der Waals surface area contributed by atoms with Crippen molar-refractivity contribution in [2.45, 2.75) is 25.8 Å². The number of likely N-dealkylation sites (tertiary alicyclic amines) is 1. The normalized spacial score (nSPS) is 26.1. The number of furan rings is 1. The topological polar surface area (TPSA) is 53.7 Å². The van der Waals surface area contributed by atoms with E-state index in [4.69, 9.17) is 4.42 Å². The largest absolute Gasteiger partial charge is 0.481 e. The molecule has 2 heterocycles. The van der Waals surface area contributed by atoms with Crippen LogP contribution in [0.1, 0.15) is 25.0 Å². The van der Waals surface area contributed by atoms with Crippen molar-refractivity contribution in [3.8, 4) is 11.3 Å². The molecule has 1 N–H and O–H groups in total. The van der Waals surface area contributed by atoms with Crippen LogP contribution in [0, 0.1) is 23.0 Å². The Kier molecular flexibility index (Phi) is 3.87. The molecule has 1 aliphatic carbocycles. The van der Waals surface area contributed by atoms with E-state index in [0.717, 1.165) is 19.4 Å². The van der Waals surface area contributed by atoms with Gasteiger partial charge in [-0.3, -0.25) is 9.69 Å². The number of carboxylic acids is 1. The molecule has 1 saturated heterocycles. The number of halogens is 2. The van der Waals surface area contributed by atoms with Gasteiger partial charge in [-0.2, -0.15) is 0 Å². The second kappa shape index (κ2) is 5.95. The number of aliphatic carboxylic acids is 1. The van der Waals surface area contributed by atoms with Crippen LogP contribution in [0.4, 0.5) is 8.78 Å². The first-order valence-corrected chi connectivity index (χ1v) is 8.48. The van der Waals surface area contributed by atoms with Gasteiger partial charge in [0.2, 0.25) is 0 Å². The van der Waals surface area contributed by atoms with Crippen LogP contribution < -0.4 is 0 Å². The van der Waals surface area contributed by atoms with E-state index in [2.05, 4.69) is 4.90 Å². The van der Waals surface area contributed by atoms with E-state index in [1.54, 1.807) is 12.1 Å². The van der Waals surface area contributed by atoms with E-state index in [-0.39, 0.29) is 17.2 Å². The van der Waals surface area contributed by atoms with E-state index in [1.807, 2.05) is 0 Å². The molecule has 2 fully saturated rings. The molecule has 132 valence electrons. The molecular formula is C19H19F2NO3. The molecule has 0 radical (unpaired) electrons. The Bertz CT molecular complexity index is 799. The zero-order valence-corrected chi connectivity index (χ0v) is 13.7. The predicted octanol–water partition coefficient (Wildman–Crippen LogP) is 3.91. The van der Waals surface area contributed by atoms with Gasteiger partial charge in [0.1, 0.15) is 23.2 Å². The number of hydrogen-bond acceptors (Lipinski definition) is 3. The van der Waals surface area contributed by atoms with Crippen LogP contribution in [0.25, 0.3) is 11.3 Å². The molecule has 0 unspecified atom stereocenters. The zero-order valence-electron chi connectivity index (χ0n) is 13.7. The molecule has 2 aromatic rings. The van der Waals surface area contributed by atoms with Gasteiger partial charge in [-0.05, 0) is 43.0 Å². The van der Waals surface area contributed by atoms with Crippen molar-refractivity contribution in [1.29, 1.82) is 0 Å². The van der Waals surface area contributed by atoms with Crippen LogP contribution in [-0.2, 0) is 11.3 Å². The highest BCUT2D eigenvalue weighted by Gasteiger charge is 2.54. The van der Waals surface area contributed by atoms with Gasteiger partial charge in [-0.25, -0.2) is 8.78 Å². The molecule has 0 bridgehead atoms. The monoisotopic (exact) mass is 347 g/mol. The summed E-state index contributed by atoms with van der Waals surface area (Å²) in [6, 6.07) is 6.95. The summed E-state index contributed by atoms with van der Waals surface area (Å²) >= 11 is 0. The van der Waals surface area contributed by atoms with Crippen LogP contribution in [0.5, 0.6) is 0 Å². The van der Waals surface area contributed by atoms with Crippen LogP contribution in [0.15, 0.2) is 34.7 Å². The molecule has 2 atom stereocenters. The summed E-state index contributed by atoms with van der Waals surface area (Å²) in [7, 11) is 0. The molecule has 0 amide bonds. The molecular weight excluding hydrogens is 328 g/mol. The van der Waals surface area contributed by atoms with Gasteiger partial charge in [0.15, 0.2) is 0 Å². The van der Waals surface area contributed by atoms with Crippen molar-refractivity contribution in [2.24, 2.45) is 11.3 Å². The first-order valence-electron chi connectivity index (χ1n) is 8.48. The van der Waals surface area contributed by atoms with Gasteiger partial charge in [-0.15, -0.1) is 0 Å². The lowest BCUT2D eigenvalue weighted by Gasteiger charge is -2.23. The second-order valence-electron chi connectivity index (χ2n) is 7.08. The first kappa shape index (κ1) is 16.3. The highest BCUT2D eigenvalue weighted by molar-refractivity contribution is 5.76. The Labute approximate surface area is 144 Å².